The fourth-order valence-electron chi connectivity index (χ4n) is 3.67. The van der Waals surface area contributed by atoms with E-state index in [0.717, 1.165) is 19.3 Å². The van der Waals surface area contributed by atoms with Gasteiger partial charge in [-0.2, -0.15) is 5.26 Å². The number of aromatic nitrogens is 4. The minimum atomic E-state index is -0.513. The van der Waals surface area contributed by atoms with E-state index in [1.54, 1.807) is 35.8 Å². The third-order valence-electron chi connectivity index (χ3n) is 5.47. The first-order valence-electron chi connectivity index (χ1n) is 11.0. The molecule has 0 fully saturated rings. The Morgan fingerprint density at radius 2 is 2.03 bits per heavy atom. The topological polar surface area (TPSA) is 105 Å². The molecule has 2 aromatic heterocycles. The summed E-state index contributed by atoms with van der Waals surface area (Å²) >= 11 is 7.33. The van der Waals surface area contributed by atoms with Crippen molar-refractivity contribution in [3.8, 4) is 6.07 Å². The predicted molar refractivity (Wildman–Crippen MR) is 134 cm³/mol. The second-order valence-corrected chi connectivity index (χ2v) is 9.57. The Hall–Kier alpha value is -3.35. The molecule has 1 amide bonds. The summed E-state index contributed by atoms with van der Waals surface area (Å²) in [5.41, 5.74) is 1.46. The van der Waals surface area contributed by atoms with E-state index in [0.29, 0.717) is 39.6 Å². The number of thioether (sulfide) groups is 1. The van der Waals surface area contributed by atoms with Crippen LogP contribution in [0.15, 0.2) is 52.4 Å². The first-order valence-corrected chi connectivity index (χ1v) is 12.2. The number of hydrogen-bond donors (Lipinski definition) is 1. The predicted octanol–water partition coefficient (Wildman–Crippen LogP) is 4.88. The third-order valence-corrected chi connectivity index (χ3v) is 6.83. The van der Waals surface area contributed by atoms with Crippen molar-refractivity contribution in [2.75, 3.05) is 5.32 Å². The van der Waals surface area contributed by atoms with Crippen LogP contribution in [0.3, 0.4) is 0 Å². The van der Waals surface area contributed by atoms with Crippen LogP contribution in [-0.2, 0) is 11.3 Å². The number of carbonyl (C=O) groups is 1. The lowest BCUT2D eigenvalue weighted by Crippen LogP contribution is -2.24. The van der Waals surface area contributed by atoms with Gasteiger partial charge in [0, 0.05) is 12.2 Å². The fourth-order valence-corrected chi connectivity index (χ4v) is 4.75. The Bertz CT molecular complexity index is 1470. The van der Waals surface area contributed by atoms with E-state index in [2.05, 4.69) is 22.4 Å². The van der Waals surface area contributed by atoms with E-state index in [1.165, 1.54) is 11.8 Å². The second kappa shape index (κ2) is 10.3. The van der Waals surface area contributed by atoms with Crippen LogP contribution in [-0.4, -0.2) is 30.3 Å². The van der Waals surface area contributed by atoms with Crippen LogP contribution in [0.1, 0.15) is 38.7 Å². The molecule has 4 aromatic rings. The van der Waals surface area contributed by atoms with Gasteiger partial charge in [0.05, 0.1) is 26.7 Å². The summed E-state index contributed by atoms with van der Waals surface area (Å²) in [6.07, 6.45) is 2.92. The Labute approximate surface area is 205 Å². The number of amides is 1. The van der Waals surface area contributed by atoms with Gasteiger partial charge in [-0.3, -0.25) is 18.6 Å². The molecule has 0 radical (unpaired) electrons. The van der Waals surface area contributed by atoms with Crippen molar-refractivity contribution >= 4 is 51.6 Å². The van der Waals surface area contributed by atoms with Gasteiger partial charge in [-0.05, 0) is 43.7 Å². The smallest absolute Gasteiger partial charge is 0.262 e. The molecule has 0 aliphatic rings. The molecule has 0 saturated heterocycles. The van der Waals surface area contributed by atoms with Crippen molar-refractivity contribution in [3.05, 3.63) is 63.4 Å². The van der Waals surface area contributed by atoms with Crippen LogP contribution in [0.4, 0.5) is 5.69 Å². The van der Waals surface area contributed by atoms with Gasteiger partial charge in [0.25, 0.3) is 5.56 Å². The molecule has 4 rings (SSSR count). The summed E-state index contributed by atoms with van der Waals surface area (Å²) < 4.78 is 3.51. The lowest BCUT2D eigenvalue weighted by molar-refractivity contribution is -0.115. The van der Waals surface area contributed by atoms with E-state index in [9.17, 15) is 9.59 Å². The molecule has 0 aliphatic heterocycles. The highest BCUT2D eigenvalue weighted by Gasteiger charge is 2.22. The second-order valence-electron chi connectivity index (χ2n) is 7.85. The van der Waals surface area contributed by atoms with Gasteiger partial charge in [0.1, 0.15) is 6.07 Å². The number of nitrogens with one attached hydrogen (secondary N) is 1. The van der Waals surface area contributed by atoms with Gasteiger partial charge in [0.2, 0.25) is 11.7 Å². The highest BCUT2D eigenvalue weighted by molar-refractivity contribution is 8.00. The van der Waals surface area contributed by atoms with Crippen molar-refractivity contribution in [1.82, 2.24) is 19.2 Å². The van der Waals surface area contributed by atoms with Crippen LogP contribution in [0, 0.1) is 11.3 Å². The van der Waals surface area contributed by atoms with Gasteiger partial charge >= 0.3 is 0 Å². The van der Waals surface area contributed by atoms with E-state index in [-0.39, 0.29) is 16.5 Å². The summed E-state index contributed by atoms with van der Waals surface area (Å²) in [6, 6.07) is 14.1. The lowest BCUT2D eigenvalue weighted by atomic mass is 10.2. The highest BCUT2D eigenvalue weighted by atomic mass is 35.5. The Kier molecular flexibility index (Phi) is 7.20. The molecule has 1 N–H and O–H groups in total. The zero-order valence-electron chi connectivity index (χ0n) is 18.8. The van der Waals surface area contributed by atoms with Gasteiger partial charge < -0.3 is 5.32 Å². The molecule has 2 aromatic carbocycles. The summed E-state index contributed by atoms with van der Waals surface area (Å²) in [4.78, 5) is 26.0. The Morgan fingerprint density at radius 3 is 2.76 bits per heavy atom. The Morgan fingerprint density at radius 1 is 1.24 bits per heavy atom. The molecular weight excluding hydrogens is 472 g/mol. The van der Waals surface area contributed by atoms with E-state index in [1.807, 2.05) is 28.7 Å². The molecule has 0 aliphatic carbocycles. The number of carbonyl (C=O) groups excluding carboxylic acids is 1. The molecule has 2 heterocycles. The number of halogens is 1. The summed E-state index contributed by atoms with van der Waals surface area (Å²) in [6.45, 7) is 4.44. The van der Waals surface area contributed by atoms with Gasteiger partial charge in [-0.25, -0.2) is 0 Å². The molecule has 1 atom stereocenters. The Balaban J connectivity index is 1.65. The van der Waals surface area contributed by atoms with Gasteiger partial charge in [-0.15, -0.1) is 10.2 Å². The van der Waals surface area contributed by atoms with Crippen LogP contribution < -0.4 is 10.9 Å². The zero-order valence-corrected chi connectivity index (χ0v) is 20.4. The number of nitrogens with zero attached hydrogens (tertiary/aromatic N) is 5. The molecule has 0 spiro atoms. The van der Waals surface area contributed by atoms with Crippen molar-refractivity contribution in [3.63, 3.8) is 0 Å². The number of fused-ring (bicyclic) bond motifs is 3. The van der Waals surface area contributed by atoms with E-state index >= 15 is 0 Å². The minimum absolute atomic E-state index is 0.0911. The average molecular weight is 495 g/mol. The fraction of sp³-hybridized carbons (Fsp3) is 0.292. The zero-order chi connectivity index (χ0) is 24.2. The summed E-state index contributed by atoms with van der Waals surface area (Å²) in [5.74, 6) is 0.219. The number of anilines is 1. The van der Waals surface area contributed by atoms with Crippen molar-refractivity contribution in [2.45, 2.75) is 50.1 Å². The number of rotatable bonds is 8. The standard InChI is InChI=1S/C24H23ClN6O2S/c1-3-4-7-12-30-22(33)18-8-5-6-9-20(18)31-23(30)28-29-24(31)34-15(2)21(32)27-17-11-10-16(14-26)19(25)13-17/h5-6,8-11,13,15H,3-4,7,12H2,1-2H3,(H,27,32). The maximum Gasteiger partial charge on any atom is 0.262 e. The molecule has 8 nitrogen and oxygen atoms in total. The molecule has 0 bridgehead atoms. The maximum absolute atomic E-state index is 13.1. The average Bonchev–Trinajstić information content (AvgIpc) is 3.24. The number of unbranched alkanes of at least 4 members (excludes halogenated alkanes) is 2. The number of aryl methyl sites for hydroxylation is 1. The highest BCUT2D eigenvalue weighted by Crippen LogP contribution is 2.27. The number of hydrogen-bond acceptors (Lipinski definition) is 6. The molecule has 174 valence electrons. The normalized spacial score (nSPS) is 12.1. The number of para-hydroxylation sites is 1. The summed E-state index contributed by atoms with van der Waals surface area (Å²) in [7, 11) is 0. The molecule has 1 unspecified atom stereocenters. The van der Waals surface area contributed by atoms with Crippen molar-refractivity contribution in [1.29, 1.82) is 5.26 Å². The van der Waals surface area contributed by atoms with Crippen LogP contribution >= 0.6 is 23.4 Å². The quantitative estimate of drug-likeness (QED) is 0.276. The van der Waals surface area contributed by atoms with E-state index in [4.69, 9.17) is 16.9 Å². The summed E-state index contributed by atoms with van der Waals surface area (Å²) in [5, 5.41) is 21.3. The SMILES string of the molecule is CCCCCn1c(=O)c2ccccc2n2c(SC(C)C(=O)Nc3ccc(C#N)c(Cl)c3)nnc12. The largest absolute Gasteiger partial charge is 0.325 e. The first kappa shape index (κ1) is 23.8. The molecular formula is C24H23ClN6O2S. The number of benzene rings is 2. The van der Waals surface area contributed by atoms with Crippen LogP contribution in [0.2, 0.25) is 5.02 Å². The van der Waals surface area contributed by atoms with Crippen molar-refractivity contribution in [2.24, 2.45) is 0 Å². The lowest BCUT2D eigenvalue weighted by Gasteiger charge is -2.13. The molecule has 10 heteroatoms. The van der Waals surface area contributed by atoms with Gasteiger partial charge in [0.15, 0.2) is 5.16 Å². The molecule has 0 saturated carbocycles. The van der Waals surface area contributed by atoms with Crippen molar-refractivity contribution < 1.29 is 4.79 Å². The monoisotopic (exact) mass is 494 g/mol. The first-order chi connectivity index (χ1) is 16.4. The number of nitriles is 1. The molecule has 34 heavy (non-hydrogen) atoms. The van der Waals surface area contributed by atoms with E-state index < -0.39 is 5.25 Å². The van der Waals surface area contributed by atoms with Crippen LogP contribution in [0.25, 0.3) is 16.7 Å². The van der Waals surface area contributed by atoms with Crippen LogP contribution in [0.5, 0.6) is 0 Å². The third kappa shape index (κ3) is 4.65. The van der Waals surface area contributed by atoms with Gasteiger partial charge in [-0.1, -0.05) is 55.3 Å². The minimum Gasteiger partial charge on any atom is -0.325 e. The maximum atomic E-state index is 13.1.